The summed E-state index contributed by atoms with van der Waals surface area (Å²) in [7, 11) is 0. The predicted molar refractivity (Wildman–Crippen MR) is 79.0 cm³/mol. The third kappa shape index (κ3) is 2.72. The molecule has 1 atom stereocenters. The summed E-state index contributed by atoms with van der Waals surface area (Å²) in [5, 5.41) is 6.15. The molecule has 1 saturated heterocycles. The van der Waals surface area contributed by atoms with Crippen LogP contribution in [0.3, 0.4) is 0 Å². The molecule has 1 N–H and O–H groups in total. The number of likely N-dealkylation sites (tertiary alicyclic amines) is 1. The highest BCUT2D eigenvalue weighted by Crippen LogP contribution is 2.32. The van der Waals surface area contributed by atoms with Gasteiger partial charge in [-0.25, -0.2) is 5.10 Å². The second kappa shape index (κ2) is 5.52. The van der Waals surface area contributed by atoms with Crippen LogP contribution in [0.25, 0.3) is 0 Å². The first-order valence-electron chi connectivity index (χ1n) is 7.08. The molecule has 1 unspecified atom stereocenters. The van der Waals surface area contributed by atoms with Gasteiger partial charge in [-0.2, -0.15) is 5.10 Å². The van der Waals surface area contributed by atoms with Crippen LogP contribution in [-0.2, 0) is 0 Å². The van der Waals surface area contributed by atoms with Crippen molar-refractivity contribution in [3.8, 4) is 0 Å². The summed E-state index contributed by atoms with van der Waals surface area (Å²) in [6.07, 6.45) is 1.94. The summed E-state index contributed by atoms with van der Waals surface area (Å²) in [6.45, 7) is 2.77. The molecule has 3 rings (SSSR count). The Labute approximate surface area is 122 Å². The number of aryl methyl sites for hydroxylation is 1. The molecular weight excluding hydrogens is 266 g/mol. The van der Waals surface area contributed by atoms with Crippen LogP contribution >= 0.6 is 0 Å². The van der Waals surface area contributed by atoms with Crippen LogP contribution in [-0.4, -0.2) is 27.5 Å². The van der Waals surface area contributed by atoms with Gasteiger partial charge >= 0.3 is 0 Å². The van der Waals surface area contributed by atoms with Crippen molar-refractivity contribution in [3.05, 3.63) is 63.6 Å². The summed E-state index contributed by atoms with van der Waals surface area (Å²) in [4.78, 5) is 25.4. The van der Waals surface area contributed by atoms with Gasteiger partial charge in [-0.05, 0) is 31.4 Å². The van der Waals surface area contributed by atoms with Crippen LogP contribution < -0.4 is 5.56 Å². The van der Waals surface area contributed by atoms with Crippen LogP contribution in [0.15, 0.2) is 41.2 Å². The van der Waals surface area contributed by atoms with Gasteiger partial charge in [-0.1, -0.05) is 29.8 Å². The Balaban J connectivity index is 1.86. The molecule has 0 saturated carbocycles. The number of rotatable bonds is 2. The Morgan fingerprint density at radius 3 is 2.67 bits per heavy atom. The number of nitrogens with zero attached hydrogens (tertiary/aromatic N) is 2. The van der Waals surface area contributed by atoms with Gasteiger partial charge in [0.1, 0.15) is 5.69 Å². The first-order valence-corrected chi connectivity index (χ1v) is 7.08. The van der Waals surface area contributed by atoms with Gasteiger partial charge in [0.2, 0.25) is 0 Å². The van der Waals surface area contributed by atoms with E-state index in [4.69, 9.17) is 0 Å². The molecule has 1 aliphatic heterocycles. The molecule has 5 nitrogen and oxygen atoms in total. The van der Waals surface area contributed by atoms with Crippen molar-refractivity contribution in [2.75, 3.05) is 6.54 Å². The Kier molecular flexibility index (Phi) is 3.56. The van der Waals surface area contributed by atoms with Crippen molar-refractivity contribution >= 4 is 5.91 Å². The zero-order valence-corrected chi connectivity index (χ0v) is 11.9. The monoisotopic (exact) mass is 283 g/mol. The number of benzene rings is 1. The van der Waals surface area contributed by atoms with Crippen LogP contribution in [0.5, 0.6) is 0 Å². The lowest BCUT2D eigenvalue weighted by molar-refractivity contribution is 0.0728. The maximum Gasteiger partial charge on any atom is 0.274 e. The summed E-state index contributed by atoms with van der Waals surface area (Å²) < 4.78 is 0. The van der Waals surface area contributed by atoms with E-state index >= 15 is 0 Å². The molecule has 1 aromatic carbocycles. The lowest BCUT2D eigenvalue weighted by atomic mass is 10.0. The van der Waals surface area contributed by atoms with E-state index in [9.17, 15) is 9.59 Å². The van der Waals surface area contributed by atoms with Crippen LogP contribution in [0.4, 0.5) is 0 Å². The molecular formula is C16H17N3O2. The average molecular weight is 283 g/mol. The minimum absolute atomic E-state index is 0.0897. The molecule has 1 aromatic heterocycles. The van der Waals surface area contributed by atoms with Crippen LogP contribution in [0, 0.1) is 6.92 Å². The first-order chi connectivity index (χ1) is 10.1. The van der Waals surface area contributed by atoms with Gasteiger partial charge in [0.25, 0.3) is 11.5 Å². The van der Waals surface area contributed by atoms with Crippen molar-refractivity contribution in [1.29, 1.82) is 0 Å². The Morgan fingerprint density at radius 1 is 1.24 bits per heavy atom. The number of nitrogens with one attached hydrogen (secondary N) is 1. The van der Waals surface area contributed by atoms with Gasteiger partial charge < -0.3 is 4.90 Å². The molecule has 1 aliphatic rings. The molecule has 0 radical (unpaired) electrons. The van der Waals surface area contributed by atoms with E-state index in [1.54, 1.807) is 0 Å². The number of carbonyl (C=O) groups excluding carboxylic acids is 1. The van der Waals surface area contributed by atoms with E-state index in [0.717, 1.165) is 24.9 Å². The lowest BCUT2D eigenvalue weighted by Gasteiger charge is -2.24. The summed E-state index contributed by atoms with van der Waals surface area (Å²) >= 11 is 0. The maximum absolute atomic E-state index is 12.6. The number of carbonyl (C=O) groups is 1. The number of aromatic amines is 1. The zero-order valence-electron chi connectivity index (χ0n) is 11.9. The fourth-order valence-electron chi connectivity index (χ4n) is 2.76. The van der Waals surface area contributed by atoms with E-state index in [-0.39, 0.29) is 23.2 Å². The molecule has 0 spiro atoms. The molecule has 21 heavy (non-hydrogen) atoms. The maximum atomic E-state index is 12.6. The third-order valence-corrected chi connectivity index (χ3v) is 3.87. The first kappa shape index (κ1) is 13.5. The zero-order chi connectivity index (χ0) is 14.8. The Hall–Kier alpha value is -2.43. The minimum atomic E-state index is -0.303. The van der Waals surface area contributed by atoms with Crippen molar-refractivity contribution in [1.82, 2.24) is 15.1 Å². The number of aromatic nitrogens is 2. The molecule has 108 valence electrons. The quantitative estimate of drug-likeness (QED) is 0.917. The molecule has 5 heteroatoms. The normalized spacial score (nSPS) is 18.0. The second-order valence-corrected chi connectivity index (χ2v) is 5.37. The van der Waals surface area contributed by atoms with E-state index in [0.29, 0.717) is 0 Å². The summed E-state index contributed by atoms with van der Waals surface area (Å²) in [5.74, 6) is -0.130. The second-order valence-electron chi connectivity index (χ2n) is 5.37. The van der Waals surface area contributed by atoms with Crippen LogP contribution in [0.1, 0.15) is 40.5 Å². The Morgan fingerprint density at radius 2 is 2.00 bits per heavy atom. The fraction of sp³-hybridized carbons (Fsp3) is 0.312. The largest absolute Gasteiger partial charge is 0.330 e. The predicted octanol–water partition coefficient (Wildman–Crippen LogP) is 2.06. The van der Waals surface area contributed by atoms with Gasteiger partial charge in [0, 0.05) is 12.6 Å². The summed E-state index contributed by atoms with van der Waals surface area (Å²) in [6, 6.07) is 11.2. The molecule has 0 bridgehead atoms. The van der Waals surface area contributed by atoms with Crippen molar-refractivity contribution in [2.24, 2.45) is 0 Å². The topological polar surface area (TPSA) is 66.1 Å². The van der Waals surface area contributed by atoms with Gasteiger partial charge in [-0.15, -0.1) is 0 Å². The summed E-state index contributed by atoms with van der Waals surface area (Å²) in [5.41, 5.74) is 2.34. The number of H-pyrrole nitrogens is 1. The SMILES string of the molecule is Cc1ccc(C2CCCN2C(=O)c2ccc(=O)[nH]n2)cc1. The van der Waals surface area contributed by atoms with E-state index in [1.165, 1.54) is 17.7 Å². The Bertz CT molecular complexity index is 686. The van der Waals surface area contributed by atoms with Crippen molar-refractivity contribution in [2.45, 2.75) is 25.8 Å². The third-order valence-electron chi connectivity index (χ3n) is 3.87. The van der Waals surface area contributed by atoms with Gasteiger partial charge in [0.15, 0.2) is 0 Å². The number of hydrogen-bond donors (Lipinski definition) is 1. The van der Waals surface area contributed by atoms with Crippen LogP contribution in [0.2, 0.25) is 0 Å². The van der Waals surface area contributed by atoms with E-state index in [1.807, 2.05) is 11.8 Å². The highest BCUT2D eigenvalue weighted by atomic mass is 16.2. The molecule has 0 aliphatic carbocycles. The number of amides is 1. The van der Waals surface area contributed by atoms with Gasteiger partial charge in [0.05, 0.1) is 6.04 Å². The highest BCUT2D eigenvalue weighted by Gasteiger charge is 2.31. The van der Waals surface area contributed by atoms with Crippen molar-refractivity contribution < 1.29 is 4.79 Å². The standard InChI is InChI=1S/C16H17N3O2/c1-11-4-6-12(7-5-11)14-3-2-10-19(14)16(21)13-8-9-15(20)18-17-13/h4-9,14H,2-3,10H2,1H3,(H,18,20). The molecule has 1 amide bonds. The van der Waals surface area contributed by atoms with Gasteiger partial charge in [-0.3, -0.25) is 9.59 Å². The lowest BCUT2D eigenvalue weighted by Crippen LogP contribution is -2.31. The van der Waals surface area contributed by atoms with Crippen molar-refractivity contribution in [3.63, 3.8) is 0 Å². The molecule has 1 fully saturated rings. The average Bonchev–Trinajstić information content (AvgIpc) is 2.97. The molecule has 2 heterocycles. The highest BCUT2D eigenvalue weighted by molar-refractivity contribution is 5.92. The van der Waals surface area contributed by atoms with E-state index in [2.05, 4.69) is 34.5 Å². The smallest absolute Gasteiger partial charge is 0.274 e. The number of hydrogen-bond acceptors (Lipinski definition) is 3. The molecule has 2 aromatic rings. The fourth-order valence-corrected chi connectivity index (χ4v) is 2.76. The van der Waals surface area contributed by atoms with E-state index < -0.39 is 0 Å². The minimum Gasteiger partial charge on any atom is -0.330 e.